The van der Waals surface area contributed by atoms with E-state index >= 15 is 0 Å². The van der Waals surface area contributed by atoms with Gasteiger partial charge in [-0.1, -0.05) is 6.92 Å². The smallest absolute Gasteiger partial charge is 0.248 e. The van der Waals surface area contributed by atoms with Gasteiger partial charge in [-0.15, -0.1) is 0 Å². The van der Waals surface area contributed by atoms with Crippen molar-refractivity contribution in [3.8, 4) is 0 Å². The van der Waals surface area contributed by atoms with Gasteiger partial charge in [0.2, 0.25) is 11.8 Å². The van der Waals surface area contributed by atoms with E-state index in [1.54, 1.807) is 25.9 Å². The van der Waals surface area contributed by atoms with E-state index in [-0.39, 0.29) is 23.9 Å². The highest BCUT2D eigenvalue weighted by molar-refractivity contribution is 5.99. The number of piperazine rings is 1. The first-order valence-corrected chi connectivity index (χ1v) is 6.48. The van der Waals surface area contributed by atoms with Crippen molar-refractivity contribution in [2.75, 3.05) is 13.7 Å². The molecule has 0 aromatic rings. The summed E-state index contributed by atoms with van der Waals surface area (Å²) in [4.78, 5) is 26.2. The number of amides is 2. The molecule has 0 aromatic heterocycles. The Kier molecular flexibility index (Phi) is 4.73. The quantitative estimate of drug-likeness (QED) is 0.796. The lowest BCUT2D eigenvalue weighted by molar-refractivity contribution is -0.156. The average Bonchev–Trinajstić information content (AvgIpc) is 2.29. The van der Waals surface area contributed by atoms with Gasteiger partial charge in [-0.2, -0.15) is 0 Å². The Morgan fingerprint density at radius 2 is 2.06 bits per heavy atom. The molecule has 1 saturated heterocycles. The van der Waals surface area contributed by atoms with Crippen LogP contribution in [0.2, 0.25) is 0 Å². The molecule has 5 heteroatoms. The van der Waals surface area contributed by atoms with Gasteiger partial charge in [0.05, 0.1) is 0 Å². The molecule has 104 valence electrons. The topological polar surface area (TPSA) is 58.6 Å². The number of hydrogen-bond acceptors (Lipinski definition) is 3. The van der Waals surface area contributed by atoms with Gasteiger partial charge in [0.25, 0.3) is 0 Å². The summed E-state index contributed by atoms with van der Waals surface area (Å²) in [5, 5.41) is 2.79. The molecule has 0 aliphatic carbocycles. The van der Waals surface area contributed by atoms with E-state index in [1.807, 2.05) is 13.8 Å². The summed E-state index contributed by atoms with van der Waals surface area (Å²) in [6, 6.07) is -0.356. The van der Waals surface area contributed by atoms with E-state index < -0.39 is 5.54 Å². The zero-order chi connectivity index (χ0) is 13.9. The van der Waals surface area contributed by atoms with Gasteiger partial charge in [-0.05, 0) is 33.6 Å². The number of methoxy groups -OCH3 is 1. The molecule has 1 heterocycles. The number of carbonyl (C=O) groups excluding carboxylic acids is 2. The van der Waals surface area contributed by atoms with Crippen LogP contribution in [0.5, 0.6) is 0 Å². The van der Waals surface area contributed by atoms with E-state index in [9.17, 15) is 9.59 Å². The lowest BCUT2D eigenvalue weighted by atomic mass is 9.93. The monoisotopic (exact) mass is 256 g/mol. The van der Waals surface area contributed by atoms with Gasteiger partial charge in [0.1, 0.15) is 11.6 Å². The molecule has 2 unspecified atom stereocenters. The maximum atomic E-state index is 12.4. The van der Waals surface area contributed by atoms with Crippen molar-refractivity contribution in [3.05, 3.63) is 0 Å². The second-order valence-corrected chi connectivity index (χ2v) is 5.38. The van der Waals surface area contributed by atoms with Crippen LogP contribution in [0.25, 0.3) is 0 Å². The van der Waals surface area contributed by atoms with Gasteiger partial charge < -0.3 is 15.0 Å². The summed E-state index contributed by atoms with van der Waals surface area (Å²) in [6.45, 7) is 7.97. The van der Waals surface area contributed by atoms with E-state index in [2.05, 4.69) is 5.32 Å². The number of nitrogens with one attached hydrogen (secondary N) is 1. The minimum absolute atomic E-state index is 0.00715. The minimum atomic E-state index is -0.815. The normalized spacial score (nSPS) is 24.9. The summed E-state index contributed by atoms with van der Waals surface area (Å²) >= 11 is 0. The number of rotatable bonds is 5. The Hall–Kier alpha value is -1.10. The fraction of sp³-hybridized carbons (Fsp3) is 0.846. The SMILES string of the molecule is CCC1C(=O)NC(C)(C)C(=O)N1C(C)CCOC. The van der Waals surface area contributed by atoms with E-state index in [0.717, 1.165) is 6.42 Å². The third kappa shape index (κ3) is 2.83. The Labute approximate surface area is 109 Å². The zero-order valence-electron chi connectivity index (χ0n) is 11.9. The first-order valence-electron chi connectivity index (χ1n) is 6.48. The number of hydrogen-bond donors (Lipinski definition) is 1. The second-order valence-electron chi connectivity index (χ2n) is 5.38. The minimum Gasteiger partial charge on any atom is -0.385 e. The molecule has 0 aromatic carbocycles. The molecule has 1 aliphatic rings. The second kappa shape index (κ2) is 5.69. The molecule has 18 heavy (non-hydrogen) atoms. The Morgan fingerprint density at radius 1 is 1.44 bits per heavy atom. The van der Waals surface area contributed by atoms with Crippen LogP contribution in [0.1, 0.15) is 40.5 Å². The standard InChI is InChI=1S/C13H24N2O3/c1-6-10-11(16)14-13(3,4)12(17)15(10)9(2)7-8-18-5/h9-10H,6-8H2,1-5H3,(H,14,16). The van der Waals surface area contributed by atoms with Crippen molar-refractivity contribution in [2.24, 2.45) is 0 Å². The molecule has 0 radical (unpaired) electrons. The van der Waals surface area contributed by atoms with E-state index in [1.165, 1.54) is 0 Å². The first-order chi connectivity index (χ1) is 8.35. The summed E-state index contributed by atoms with van der Waals surface area (Å²) < 4.78 is 5.05. The molecule has 5 nitrogen and oxygen atoms in total. The highest BCUT2D eigenvalue weighted by atomic mass is 16.5. The van der Waals surface area contributed by atoms with Crippen LogP contribution in [0, 0.1) is 0 Å². The summed E-state index contributed by atoms with van der Waals surface area (Å²) in [7, 11) is 1.64. The Morgan fingerprint density at radius 3 is 2.56 bits per heavy atom. The molecule has 0 spiro atoms. The number of ether oxygens (including phenoxy) is 1. The lowest BCUT2D eigenvalue weighted by Crippen LogP contribution is -2.69. The maximum absolute atomic E-state index is 12.4. The van der Waals surface area contributed by atoms with Crippen LogP contribution in [0.3, 0.4) is 0 Å². The molecule has 0 saturated carbocycles. The molecule has 2 amide bonds. The van der Waals surface area contributed by atoms with Crippen molar-refractivity contribution >= 4 is 11.8 Å². The Bertz CT molecular complexity index is 328. The van der Waals surface area contributed by atoms with Gasteiger partial charge >= 0.3 is 0 Å². The third-order valence-electron chi connectivity index (χ3n) is 3.44. The van der Waals surface area contributed by atoms with Crippen LogP contribution < -0.4 is 5.32 Å². The molecule has 1 aliphatic heterocycles. The van der Waals surface area contributed by atoms with Gasteiger partial charge in [-0.25, -0.2) is 0 Å². The predicted molar refractivity (Wildman–Crippen MR) is 69.1 cm³/mol. The molecular formula is C13H24N2O3. The summed E-state index contributed by atoms with van der Waals surface area (Å²) in [5.41, 5.74) is -0.815. The molecule has 1 fully saturated rings. The van der Waals surface area contributed by atoms with Crippen LogP contribution in [0.15, 0.2) is 0 Å². The summed E-state index contributed by atoms with van der Waals surface area (Å²) in [5.74, 6) is -0.0797. The van der Waals surface area contributed by atoms with Crippen molar-refractivity contribution in [3.63, 3.8) is 0 Å². The molecule has 1 N–H and O–H groups in total. The average molecular weight is 256 g/mol. The molecular weight excluding hydrogens is 232 g/mol. The van der Waals surface area contributed by atoms with Crippen LogP contribution in [-0.2, 0) is 14.3 Å². The maximum Gasteiger partial charge on any atom is 0.248 e. The van der Waals surface area contributed by atoms with E-state index in [0.29, 0.717) is 13.0 Å². The highest BCUT2D eigenvalue weighted by Crippen LogP contribution is 2.23. The van der Waals surface area contributed by atoms with Crippen molar-refractivity contribution in [1.82, 2.24) is 10.2 Å². The molecule has 2 atom stereocenters. The van der Waals surface area contributed by atoms with Gasteiger partial charge in [0, 0.05) is 19.8 Å². The van der Waals surface area contributed by atoms with Crippen LogP contribution >= 0.6 is 0 Å². The largest absolute Gasteiger partial charge is 0.385 e. The fourth-order valence-electron chi connectivity index (χ4n) is 2.35. The van der Waals surface area contributed by atoms with Crippen molar-refractivity contribution in [1.29, 1.82) is 0 Å². The predicted octanol–water partition coefficient (Wildman–Crippen LogP) is 0.927. The van der Waals surface area contributed by atoms with Crippen LogP contribution in [0.4, 0.5) is 0 Å². The van der Waals surface area contributed by atoms with Gasteiger partial charge in [0.15, 0.2) is 0 Å². The molecule has 1 rings (SSSR count). The van der Waals surface area contributed by atoms with E-state index in [4.69, 9.17) is 4.74 Å². The molecule has 0 bridgehead atoms. The van der Waals surface area contributed by atoms with Crippen LogP contribution in [-0.4, -0.2) is 48.1 Å². The summed E-state index contributed by atoms with van der Waals surface area (Å²) in [6.07, 6.45) is 1.37. The third-order valence-corrected chi connectivity index (χ3v) is 3.44. The zero-order valence-corrected chi connectivity index (χ0v) is 11.9. The van der Waals surface area contributed by atoms with Crippen molar-refractivity contribution < 1.29 is 14.3 Å². The number of carbonyl (C=O) groups is 2. The highest BCUT2D eigenvalue weighted by Gasteiger charge is 2.45. The lowest BCUT2D eigenvalue weighted by Gasteiger charge is -2.45. The fourth-order valence-corrected chi connectivity index (χ4v) is 2.35. The number of nitrogens with zero attached hydrogens (tertiary/aromatic N) is 1. The van der Waals surface area contributed by atoms with Crippen molar-refractivity contribution in [2.45, 2.75) is 58.2 Å². The van der Waals surface area contributed by atoms with Gasteiger partial charge in [-0.3, -0.25) is 9.59 Å². The first kappa shape index (κ1) is 15.0. The Balaban J connectivity index is 2.93.